The van der Waals surface area contributed by atoms with Crippen LogP contribution in [0, 0.1) is 11.6 Å². The molecule has 8 rings (SSSR count). The van der Waals surface area contributed by atoms with Crippen LogP contribution in [0.4, 0.5) is 8.78 Å². The summed E-state index contributed by atoms with van der Waals surface area (Å²) >= 11 is 18.7. The van der Waals surface area contributed by atoms with Crippen molar-refractivity contribution in [3.8, 4) is 0 Å². The molecule has 25 heteroatoms. The normalized spacial score (nSPS) is 20.0. The molecule has 4 aromatic rings. The van der Waals surface area contributed by atoms with Gasteiger partial charge in [-0.25, -0.2) is 37.9 Å². The first-order valence-electron chi connectivity index (χ1n) is 22.0. The maximum absolute atomic E-state index is 13.8. The maximum atomic E-state index is 13.8. The first-order chi connectivity index (χ1) is 35.2. The first-order valence-corrected chi connectivity index (χ1v) is 25.6. The zero-order valence-corrected chi connectivity index (χ0v) is 43.5. The Balaban J connectivity index is 0.000000198. The van der Waals surface area contributed by atoms with Gasteiger partial charge in [-0.1, -0.05) is 51.3 Å². The molecule has 2 fully saturated rings. The number of nitrogens with one attached hydrogen (secondary N) is 2. The largest absolute Gasteiger partial charge is 0.478 e. The molecule has 4 aliphatic heterocycles. The third-order valence-electron chi connectivity index (χ3n) is 10.8. The van der Waals surface area contributed by atoms with Crippen molar-refractivity contribution in [1.29, 1.82) is 0 Å². The van der Waals surface area contributed by atoms with Gasteiger partial charge in [0.15, 0.2) is 21.7 Å². The molecular formula is C48H46BrCl2F2N7O11S2. The van der Waals surface area contributed by atoms with Crippen LogP contribution in [0.25, 0.3) is 0 Å². The summed E-state index contributed by atoms with van der Waals surface area (Å²) in [6, 6.07) is 6.35. The molecule has 18 nitrogen and oxygen atoms in total. The Morgan fingerprint density at radius 2 is 1.37 bits per heavy atom. The summed E-state index contributed by atoms with van der Waals surface area (Å²) in [5.41, 5.74) is 2.64. The van der Waals surface area contributed by atoms with Crippen molar-refractivity contribution in [2.24, 2.45) is 9.98 Å². The molecule has 0 radical (unpaired) electrons. The molecule has 0 unspecified atom stereocenters. The Bertz CT molecular complexity index is 2810. The van der Waals surface area contributed by atoms with Crippen LogP contribution in [-0.4, -0.2) is 127 Å². The number of allylic oxidation sites excluding steroid dienone is 1. The lowest BCUT2D eigenvalue weighted by atomic mass is 9.95. The SMILES string of the molecule is COC(=O)C1=C(CBr)NC(c2nccs2)=N[C@H]1c1ccc(F)cc1Cl.COC(=O)C1=C(CN2CCO[C@H](/C=C/C(=O)O)C2)NC(c2nccs2)=N[C@H]1c1ccc(F)cc1Cl.O=COC(=O)/C=C/[C@@H]1CCCCO1. The summed E-state index contributed by atoms with van der Waals surface area (Å²) < 4.78 is 52.2. The molecule has 0 spiro atoms. The van der Waals surface area contributed by atoms with Crippen LogP contribution in [-0.2, 0) is 47.7 Å². The molecular weight excluding hydrogens is 1100 g/mol. The van der Waals surface area contributed by atoms with Crippen molar-refractivity contribution < 1.29 is 61.5 Å². The number of methoxy groups -OCH3 is 2. The molecule has 73 heavy (non-hydrogen) atoms. The molecule has 2 aromatic carbocycles. The fourth-order valence-corrected chi connectivity index (χ4v) is 9.67. The average molecular weight is 1150 g/mol. The quantitative estimate of drug-likeness (QED) is 0.0278. The molecule has 0 aliphatic carbocycles. The molecule has 0 amide bonds. The molecule has 3 N–H and O–H groups in total. The number of hydrogen-bond acceptors (Lipinski definition) is 19. The molecule has 0 saturated carbocycles. The third kappa shape index (κ3) is 15.7. The minimum atomic E-state index is -1.06. The lowest BCUT2D eigenvalue weighted by Gasteiger charge is -2.34. The van der Waals surface area contributed by atoms with Gasteiger partial charge in [-0.2, -0.15) is 0 Å². The van der Waals surface area contributed by atoms with E-state index in [1.54, 1.807) is 23.8 Å². The van der Waals surface area contributed by atoms with Gasteiger partial charge in [0.2, 0.25) is 0 Å². The molecule has 0 bridgehead atoms. The smallest absolute Gasteiger partial charge is 0.338 e. The number of ether oxygens (including phenoxy) is 5. The van der Waals surface area contributed by atoms with E-state index in [1.807, 2.05) is 10.3 Å². The van der Waals surface area contributed by atoms with Gasteiger partial charge in [0, 0.05) is 99.4 Å². The van der Waals surface area contributed by atoms with Crippen LogP contribution in [0.3, 0.4) is 0 Å². The van der Waals surface area contributed by atoms with Crippen LogP contribution in [0.5, 0.6) is 0 Å². The number of rotatable bonds is 14. The van der Waals surface area contributed by atoms with Gasteiger partial charge in [-0.05, 0) is 55.7 Å². The summed E-state index contributed by atoms with van der Waals surface area (Å²) in [6.45, 7) is 2.50. The van der Waals surface area contributed by atoms with Gasteiger partial charge in [0.25, 0.3) is 0 Å². The van der Waals surface area contributed by atoms with E-state index in [0.717, 1.165) is 31.9 Å². The van der Waals surface area contributed by atoms with Crippen LogP contribution >= 0.6 is 61.8 Å². The maximum Gasteiger partial charge on any atom is 0.338 e. The van der Waals surface area contributed by atoms with E-state index in [9.17, 15) is 32.8 Å². The van der Waals surface area contributed by atoms with Crippen LogP contribution in [0.15, 0.2) is 116 Å². The lowest BCUT2D eigenvalue weighted by molar-refractivity contribution is -0.147. The van der Waals surface area contributed by atoms with Gasteiger partial charge >= 0.3 is 30.3 Å². The number of amidine groups is 2. The van der Waals surface area contributed by atoms with Crippen LogP contribution in [0.2, 0.25) is 10.0 Å². The summed E-state index contributed by atoms with van der Waals surface area (Å²) in [4.78, 5) is 76.6. The van der Waals surface area contributed by atoms with Gasteiger partial charge in [-0.3, -0.25) is 19.7 Å². The molecule has 6 heterocycles. The number of carbonyl (C=O) groups is 5. The van der Waals surface area contributed by atoms with Crippen LogP contribution in [0.1, 0.15) is 52.5 Å². The summed E-state index contributed by atoms with van der Waals surface area (Å²) in [6.07, 6.45) is 11.4. The second-order valence-corrected chi connectivity index (χ2v) is 18.7. The van der Waals surface area contributed by atoms with E-state index in [1.165, 1.54) is 85.4 Å². The number of hydrogen-bond donors (Lipinski definition) is 3. The number of carboxylic acid groups (broad SMARTS) is 1. The second kappa shape index (κ2) is 27.8. The van der Waals surface area contributed by atoms with E-state index in [0.29, 0.717) is 81.4 Å². The monoisotopic (exact) mass is 1150 g/mol. The minimum Gasteiger partial charge on any atom is -0.478 e. The van der Waals surface area contributed by atoms with Crippen molar-refractivity contribution in [3.05, 3.63) is 149 Å². The first kappa shape index (κ1) is 56.2. The number of thiazole rings is 2. The number of aliphatic carboxylic acids is 1. The number of aromatic nitrogens is 2. The number of benzene rings is 2. The number of halogens is 5. The number of aliphatic imine (C=N–C) groups is 2. The van der Waals surface area contributed by atoms with Gasteiger partial charge in [0.1, 0.15) is 23.7 Å². The number of esters is 3. The van der Waals surface area contributed by atoms with Crippen molar-refractivity contribution in [2.45, 2.75) is 43.6 Å². The Morgan fingerprint density at radius 3 is 1.85 bits per heavy atom. The Morgan fingerprint density at radius 1 is 0.822 bits per heavy atom. The number of carboxylic acids is 1. The van der Waals surface area contributed by atoms with E-state index in [2.05, 4.69) is 46.3 Å². The summed E-state index contributed by atoms with van der Waals surface area (Å²) in [5.74, 6) is -2.84. The fraction of sp³-hybridized carbons (Fsp3) is 0.312. The van der Waals surface area contributed by atoms with E-state index in [4.69, 9.17) is 52.2 Å². The molecule has 2 saturated heterocycles. The fourth-order valence-electron chi connectivity index (χ4n) is 7.51. The van der Waals surface area contributed by atoms with Gasteiger partial charge in [0.05, 0.1) is 44.2 Å². The Kier molecular flexibility index (Phi) is 21.5. The third-order valence-corrected chi connectivity index (χ3v) is 13.6. The van der Waals surface area contributed by atoms with Gasteiger partial charge in [-0.15, -0.1) is 22.7 Å². The highest BCUT2D eigenvalue weighted by molar-refractivity contribution is 9.09. The zero-order valence-electron chi connectivity index (χ0n) is 38.8. The Labute approximate surface area is 443 Å². The molecule has 4 aliphatic rings. The molecule has 386 valence electrons. The second-order valence-electron chi connectivity index (χ2n) is 15.6. The number of alkyl halides is 1. The van der Waals surface area contributed by atoms with E-state index in [-0.39, 0.29) is 28.2 Å². The highest BCUT2D eigenvalue weighted by Crippen LogP contribution is 2.38. The standard InChI is InChI=1S/C23H22ClFN4O5S.C16H12BrClFN3O2S.C9H12O4/c1-33-23(32)19-17(12-29-7-8-34-14(11-29)3-5-18(30)31)27-21(22-26-6-9-35-22)28-20(19)15-4-2-13(25)10-16(15)24;1-24-16(23)12-11(7-17)21-14(15-20-4-5-25-15)22-13(12)9-3-2-8(19)6-10(9)18;10-7-13-9(11)5-4-8-3-1-2-6-12-8/h2-6,9-10,14,20H,7-8,11-12H2,1H3,(H,27,28)(H,30,31);2-6,13H,7H2,1H3,(H,21,22);4-5,7-8H,1-3,6H2/b5-3+;;5-4+/t14-,20+;13-;8-/m100/s1. The average Bonchev–Trinajstić information content (AvgIpc) is 4.14. The van der Waals surface area contributed by atoms with E-state index >= 15 is 0 Å². The topological polar surface area (TPSA) is 230 Å². The minimum absolute atomic E-state index is 0.00653. The van der Waals surface area contributed by atoms with Crippen molar-refractivity contribution in [1.82, 2.24) is 25.5 Å². The molecule has 2 aromatic heterocycles. The number of nitrogens with zero attached hydrogens (tertiary/aromatic N) is 5. The lowest BCUT2D eigenvalue weighted by Crippen LogP contribution is -2.46. The Hall–Kier alpha value is -6.05. The highest BCUT2D eigenvalue weighted by Gasteiger charge is 2.36. The van der Waals surface area contributed by atoms with Crippen molar-refractivity contribution >= 4 is 104 Å². The highest BCUT2D eigenvalue weighted by atomic mass is 79.9. The van der Waals surface area contributed by atoms with Gasteiger partial charge < -0.3 is 39.4 Å². The number of morpholine rings is 1. The zero-order chi connectivity index (χ0) is 52.4. The number of carbonyl (C=O) groups excluding carboxylic acids is 4. The van der Waals surface area contributed by atoms with Crippen molar-refractivity contribution in [2.75, 3.05) is 52.4 Å². The predicted molar refractivity (Wildman–Crippen MR) is 272 cm³/mol. The molecule has 4 atom stereocenters. The summed E-state index contributed by atoms with van der Waals surface area (Å²) in [5, 5.41) is 20.9. The summed E-state index contributed by atoms with van der Waals surface area (Å²) in [7, 11) is 2.57. The van der Waals surface area contributed by atoms with Crippen molar-refractivity contribution in [3.63, 3.8) is 0 Å². The predicted octanol–water partition coefficient (Wildman–Crippen LogP) is 7.46. The van der Waals surface area contributed by atoms with E-state index < -0.39 is 53.7 Å². The van der Waals surface area contributed by atoms with Crippen LogP contribution < -0.4 is 10.6 Å².